The van der Waals surface area contributed by atoms with Crippen LogP contribution in [0.15, 0.2) is 23.6 Å². The summed E-state index contributed by atoms with van der Waals surface area (Å²) in [5.41, 5.74) is 4.06. The van der Waals surface area contributed by atoms with Crippen LogP contribution in [0.1, 0.15) is 44.6 Å². The van der Waals surface area contributed by atoms with Crippen LogP contribution in [0.2, 0.25) is 0 Å². The predicted octanol–water partition coefficient (Wildman–Crippen LogP) is 4.25. The quantitative estimate of drug-likeness (QED) is 0.795. The molecule has 2 amide bonds. The van der Waals surface area contributed by atoms with Crippen molar-refractivity contribution < 1.29 is 14.3 Å². The number of rotatable bonds is 5. The molecule has 0 bridgehead atoms. The van der Waals surface area contributed by atoms with Gasteiger partial charge < -0.3 is 15.0 Å². The molecule has 1 saturated carbocycles. The minimum atomic E-state index is -0.0110. The zero-order valence-corrected chi connectivity index (χ0v) is 17.8. The van der Waals surface area contributed by atoms with Gasteiger partial charge in [-0.15, -0.1) is 11.3 Å². The largest absolute Gasteiger partial charge is 0.381 e. The maximum Gasteiger partial charge on any atom is 0.229 e. The number of anilines is 2. The molecule has 1 aliphatic carbocycles. The topological polar surface area (TPSA) is 71.5 Å². The molecule has 1 aliphatic heterocycles. The fraction of sp³-hybridized carbons (Fsp3) is 0.500. The number of nitrogens with one attached hydrogen (secondary N) is 1. The minimum Gasteiger partial charge on any atom is -0.381 e. The molecule has 1 fully saturated rings. The number of fused-ring (bicyclic) bond motifs is 1. The van der Waals surface area contributed by atoms with E-state index in [9.17, 15) is 9.59 Å². The molecule has 154 valence electrons. The summed E-state index contributed by atoms with van der Waals surface area (Å²) in [6, 6.07) is 6.13. The van der Waals surface area contributed by atoms with E-state index in [1.807, 2.05) is 29.3 Å². The second kappa shape index (κ2) is 8.63. The summed E-state index contributed by atoms with van der Waals surface area (Å²) in [7, 11) is 1.71. The zero-order chi connectivity index (χ0) is 20.4. The summed E-state index contributed by atoms with van der Waals surface area (Å²) in [5.74, 6) is 0.187. The second-order valence-corrected chi connectivity index (χ2v) is 8.60. The van der Waals surface area contributed by atoms with Crippen LogP contribution in [0.25, 0.3) is 11.3 Å². The van der Waals surface area contributed by atoms with E-state index in [-0.39, 0.29) is 23.8 Å². The van der Waals surface area contributed by atoms with Gasteiger partial charge in [0.15, 0.2) is 5.13 Å². The van der Waals surface area contributed by atoms with Crippen molar-refractivity contribution in [2.24, 2.45) is 5.92 Å². The highest BCUT2D eigenvalue weighted by Gasteiger charge is 2.28. The van der Waals surface area contributed by atoms with E-state index < -0.39 is 0 Å². The Morgan fingerprint density at radius 2 is 2.21 bits per heavy atom. The van der Waals surface area contributed by atoms with Crippen molar-refractivity contribution in [1.82, 2.24) is 4.98 Å². The number of carbonyl (C=O) groups is 2. The molecule has 2 aromatic rings. The highest BCUT2D eigenvalue weighted by Crippen LogP contribution is 2.34. The van der Waals surface area contributed by atoms with Crippen molar-refractivity contribution in [3.63, 3.8) is 0 Å². The number of benzene rings is 1. The Morgan fingerprint density at radius 3 is 3.00 bits per heavy atom. The Balaban J connectivity index is 1.44. The van der Waals surface area contributed by atoms with Crippen LogP contribution in [-0.4, -0.2) is 36.6 Å². The summed E-state index contributed by atoms with van der Waals surface area (Å²) >= 11 is 1.45. The summed E-state index contributed by atoms with van der Waals surface area (Å²) in [6.07, 6.45) is 5.29. The van der Waals surface area contributed by atoms with E-state index >= 15 is 0 Å². The van der Waals surface area contributed by atoms with Gasteiger partial charge in [0, 0.05) is 42.6 Å². The number of methoxy groups -OCH3 is 1. The van der Waals surface area contributed by atoms with Crippen LogP contribution in [0.3, 0.4) is 0 Å². The van der Waals surface area contributed by atoms with Gasteiger partial charge in [-0.25, -0.2) is 4.98 Å². The number of hydrogen-bond donors (Lipinski definition) is 1. The molecule has 29 heavy (non-hydrogen) atoms. The van der Waals surface area contributed by atoms with Gasteiger partial charge in [0.25, 0.3) is 0 Å². The highest BCUT2D eigenvalue weighted by atomic mass is 32.1. The third kappa shape index (κ3) is 4.21. The Labute approximate surface area is 175 Å². The number of carbonyl (C=O) groups excluding carboxylic acids is 2. The molecule has 0 unspecified atom stereocenters. The molecule has 0 spiro atoms. The monoisotopic (exact) mass is 413 g/mol. The van der Waals surface area contributed by atoms with Crippen molar-refractivity contribution in [1.29, 1.82) is 0 Å². The number of hydrogen-bond acceptors (Lipinski definition) is 5. The van der Waals surface area contributed by atoms with Crippen LogP contribution in [0, 0.1) is 5.92 Å². The molecule has 1 aromatic heterocycles. The normalized spacial score (nSPS) is 21.1. The minimum absolute atomic E-state index is 0.0110. The summed E-state index contributed by atoms with van der Waals surface area (Å²) in [6.45, 7) is 2.64. The molecular weight excluding hydrogens is 386 g/mol. The number of amides is 2. The molecule has 7 heteroatoms. The van der Waals surface area contributed by atoms with Gasteiger partial charge in [-0.05, 0) is 43.4 Å². The Morgan fingerprint density at radius 1 is 1.34 bits per heavy atom. The van der Waals surface area contributed by atoms with E-state index in [0.29, 0.717) is 11.6 Å². The van der Waals surface area contributed by atoms with Crippen LogP contribution >= 0.6 is 11.3 Å². The number of nitrogens with zero attached hydrogens (tertiary/aromatic N) is 2. The molecule has 4 rings (SSSR count). The van der Waals surface area contributed by atoms with Gasteiger partial charge in [-0.2, -0.15) is 0 Å². The standard InChI is InChI=1S/C22H27N3O3S/c1-3-20(26)25-10-9-15-11-14(7-8-19(15)25)18-13-29-22(23-18)24-21(27)16-5-4-6-17(12-16)28-2/h7-8,11,13,16-17H,3-6,9-10,12H2,1-2H3,(H,23,24,27)/t16-,17-/m1/s1. The SMILES string of the molecule is CCC(=O)N1CCc2cc(-c3csc(NC(=O)[C@@H]4CCC[C@@H](OC)C4)n3)ccc21. The molecule has 0 saturated heterocycles. The third-order valence-corrected chi connectivity index (χ3v) is 6.70. The predicted molar refractivity (Wildman–Crippen MR) is 115 cm³/mol. The first-order valence-electron chi connectivity index (χ1n) is 10.3. The third-order valence-electron chi connectivity index (χ3n) is 5.94. The molecule has 2 atom stereocenters. The fourth-order valence-electron chi connectivity index (χ4n) is 4.28. The van der Waals surface area contributed by atoms with E-state index in [2.05, 4.69) is 16.4 Å². The van der Waals surface area contributed by atoms with Crippen molar-refractivity contribution in [2.75, 3.05) is 23.9 Å². The lowest BCUT2D eigenvalue weighted by atomic mass is 9.86. The summed E-state index contributed by atoms with van der Waals surface area (Å²) in [4.78, 5) is 31.2. The van der Waals surface area contributed by atoms with Gasteiger partial charge in [-0.1, -0.05) is 19.4 Å². The van der Waals surface area contributed by atoms with Crippen molar-refractivity contribution in [3.05, 3.63) is 29.1 Å². The molecule has 2 aliphatic rings. The van der Waals surface area contributed by atoms with Crippen LogP contribution in [-0.2, 0) is 20.7 Å². The first-order valence-corrected chi connectivity index (χ1v) is 11.2. The zero-order valence-electron chi connectivity index (χ0n) is 16.9. The second-order valence-electron chi connectivity index (χ2n) is 7.74. The van der Waals surface area contributed by atoms with Crippen LogP contribution in [0.5, 0.6) is 0 Å². The van der Waals surface area contributed by atoms with Gasteiger partial charge >= 0.3 is 0 Å². The molecule has 0 radical (unpaired) electrons. The van der Waals surface area contributed by atoms with E-state index in [0.717, 1.165) is 55.6 Å². The van der Waals surface area contributed by atoms with E-state index in [1.165, 1.54) is 16.9 Å². The lowest BCUT2D eigenvalue weighted by molar-refractivity contribution is -0.122. The molecule has 1 aromatic carbocycles. The van der Waals surface area contributed by atoms with Crippen molar-refractivity contribution >= 4 is 34.0 Å². The molecule has 1 N–H and O–H groups in total. The van der Waals surface area contributed by atoms with E-state index in [1.54, 1.807) is 7.11 Å². The Bertz CT molecular complexity index is 910. The van der Waals surface area contributed by atoms with Gasteiger partial charge in [0.05, 0.1) is 11.8 Å². The van der Waals surface area contributed by atoms with Crippen LogP contribution in [0.4, 0.5) is 10.8 Å². The van der Waals surface area contributed by atoms with E-state index in [4.69, 9.17) is 4.74 Å². The van der Waals surface area contributed by atoms with Gasteiger partial charge in [0.2, 0.25) is 11.8 Å². The molecular formula is C22H27N3O3S. The fourth-order valence-corrected chi connectivity index (χ4v) is 5.00. The summed E-state index contributed by atoms with van der Waals surface area (Å²) in [5, 5.41) is 5.59. The average Bonchev–Trinajstić information content (AvgIpc) is 3.39. The first kappa shape index (κ1) is 20.0. The maximum absolute atomic E-state index is 12.6. The molecule has 2 heterocycles. The van der Waals surface area contributed by atoms with Crippen molar-refractivity contribution in [3.8, 4) is 11.3 Å². The smallest absolute Gasteiger partial charge is 0.229 e. The molecule has 6 nitrogen and oxygen atoms in total. The lowest BCUT2D eigenvalue weighted by Gasteiger charge is -2.26. The number of thiazole rings is 1. The Kier molecular flexibility index (Phi) is 5.96. The highest BCUT2D eigenvalue weighted by molar-refractivity contribution is 7.14. The average molecular weight is 414 g/mol. The Hall–Kier alpha value is -2.25. The van der Waals surface area contributed by atoms with Gasteiger partial charge in [0.1, 0.15) is 0 Å². The maximum atomic E-state index is 12.6. The van der Waals surface area contributed by atoms with Crippen molar-refractivity contribution in [2.45, 2.75) is 51.6 Å². The number of aromatic nitrogens is 1. The first-order chi connectivity index (χ1) is 14.1. The number of ether oxygens (including phenoxy) is 1. The van der Waals surface area contributed by atoms with Crippen LogP contribution < -0.4 is 10.2 Å². The lowest BCUT2D eigenvalue weighted by Crippen LogP contribution is -2.30. The summed E-state index contributed by atoms with van der Waals surface area (Å²) < 4.78 is 5.43. The van der Waals surface area contributed by atoms with Gasteiger partial charge in [-0.3, -0.25) is 9.59 Å².